The predicted octanol–water partition coefficient (Wildman–Crippen LogP) is 3.08. The largest absolute Gasteiger partial charge is 0.381 e. The molecule has 0 bridgehead atoms. The lowest BCUT2D eigenvalue weighted by atomic mass is 10.3. The molecule has 12 heavy (non-hydrogen) atoms. The molecule has 0 aliphatic rings. The van der Waals surface area contributed by atoms with Gasteiger partial charge in [0, 0.05) is 12.2 Å². The van der Waals surface area contributed by atoms with Gasteiger partial charge in [0.2, 0.25) is 0 Å². The van der Waals surface area contributed by atoms with E-state index in [4.69, 9.17) is 11.6 Å². The van der Waals surface area contributed by atoms with Crippen LogP contribution in [0.2, 0.25) is 5.02 Å². The van der Waals surface area contributed by atoms with Crippen molar-refractivity contribution in [2.45, 2.75) is 0 Å². The van der Waals surface area contributed by atoms with E-state index in [-0.39, 0.29) is 5.02 Å². The summed E-state index contributed by atoms with van der Waals surface area (Å²) in [5.41, 5.74) is 0.705. The number of hydrogen-bond acceptors (Lipinski definition) is 1. The van der Waals surface area contributed by atoms with Crippen molar-refractivity contribution in [2.24, 2.45) is 0 Å². The minimum Gasteiger partial charge on any atom is -0.381 e. The molecular formula is C9H9ClFN. The summed E-state index contributed by atoms with van der Waals surface area (Å²) in [6.07, 6.45) is 1.70. The van der Waals surface area contributed by atoms with E-state index in [0.29, 0.717) is 12.2 Å². The van der Waals surface area contributed by atoms with Crippen LogP contribution < -0.4 is 5.32 Å². The Morgan fingerprint density at radius 3 is 2.92 bits per heavy atom. The van der Waals surface area contributed by atoms with Crippen molar-refractivity contribution in [3.05, 3.63) is 41.7 Å². The van der Waals surface area contributed by atoms with E-state index in [1.807, 2.05) is 0 Å². The fourth-order valence-electron chi connectivity index (χ4n) is 0.796. The molecule has 3 heteroatoms. The number of hydrogen-bond donors (Lipinski definition) is 1. The van der Waals surface area contributed by atoms with Gasteiger partial charge in [-0.05, 0) is 18.2 Å². The Morgan fingerprint density at radius 2 is 2.33 bits per heavy atom. The van der Waals surface area contributed by atoms with Gasteiger partial charge in [-0.25, -0.2) is 4.39 Å². The average Bonchev–Trinajstić information content (AvgIpc) is 2.07. The lowest BCUT2D eigenvalue weighted by molar-refractivity contribution is 0.629. The van der Waals surface area contributed by atoms with Gasteiger partial charge in [0.15, 0.2) is 0 Å². The van der Waals surface area contributed by atoms with Crippen molar-refractivity contribution in [1.82, 2.24) is 0 Å². The molecule has 0 saturated carbocycles. The van der Waals surface area contributed by atoms with Crippen molar-refractivity contribution >= 4 is 17.3 Å². The first-order valence-electron chi connectivity index (χ1n) is 3.54. The van der Waals surface area contributed by atoms with Gasteiger partial charge in [0.1, 0.15) is 5.82 Å². The Kier molecular flexibility index (Phi) is 3.11. The molecule has 0 atom stereocenters. The van der Waals surface area contributed by atoms with Crippen molar-refractivity contribution in [3.8, 4) is 0 Å². The van der Waals surface area contributed by atoms with Crippen LogP contribution in [-0.4, -0.2) is 6.54 Å². The molecule has 1 aromatic rings. The number of rotatable bonds is 3. The molecule has 1 rings (SSSR count). The Bertz CT molecular complexity index is 286. The van der Waals surface area contributed by atoms with Crippen molar-refractivity contribution in [3.63, 3.8) is 0 Å². The maximum Gasteiger partial charge on any atom is 0.143 e. The van der Waals surface area contributed by atoms with Crippen molar-refractivity contribution < 1.29 is 4.39 Å². The third-order valence-electron chi connectivity index (χ3n) is 1.37. The van der Waals surface area contributed by atoms with Crippen LogP contribution in [0.15, 0.2) is 30.9 Å². The number of nitrogens with one attached hydrogen (secondary N) is 1. The van der Waals surface area contributed by atoms with Crippen LogP contribution in [0.1, 0.15) is 0 Å². The highest BCUT2D eigenvalue weighted by Crippen LogP contribution is 2.18. The monoisotopic (exact) mass is 185 g/mol. The predicted molar refractivity (Wildman–Crippen MR) is 50.1 cm³/mol. The molecule has 0 radical (unpaired) electrons. The van der Waals surface area contributed by atoms with E-state index in [1.165, 1.54) is 12.1 Å². The number of anilines is 1. The molecule has 0 unspecified atom stereocenters. The zero-order chi connectivity index (χ0) is 8.97. The smallest absolute Gasteiger partial charge is 0.143 e. The van der Waals surface area contributed by atoms with Crippen molar-refractivity contribution in [2.75, 3.05) is 11.9 Å². The summed E-state index contributed by atoms with van der Waals surface area (Å²) in [7, 11) is 0. The Hall–Kier alpha value is -1.02. The second kappa shape index (κ2) is 4.12. The van der Waals surface area contributed by atoms with Crippen LogP contribution in [0.3, 0.4) is 0 Å². The summed E-state index contributed by atoms with van der Waals surface area (Å²) < 4.78 is 12.8. The fraction of sp³-hybridized carbons (Fsp3) is 0.111. The van der Waals surface area contributed by atoms with Gasteiger partial charge >= 0.3 is 0 Å². The highest BCUT2D eigenvalue weighted by atomic mass is 35.5. The summed E-state index contributed by atoms with van der Waals surface area (Å²) in [4.78, 5) is 0. The van der Waals surface area contributed by atoms with Gasteiger partial charge in [-0.1, -0.05) is 17.7 Å². The normalized spacial score (nSPS) is 9.50. The molecule has 0 heterocycles. The highest BCUT2D eigenvalue weighted by molar-refractivity contribution is 6.30. The number of benzene rings is 1. The Balaban J connectivity index is 2.75. The van der Waals surface area contributed by atoms with Gasteiger partial charge in [0.05, 0.1) is 5.02 Å². The summed E-state index contributed by atoms with van der Waals surface area (Å²) in [6, 6.07) is 4.59. The number of halogens is 2. The molecule has 0 aliphatic carbocycles. The molecule has 0 aliphatic heterocycles. The zero-order valence-corrected chi connectivity index (χ0v) is 7.24. The third kappa shape index (κ3) is 2.24. The molecule has 64 valence electrons. The van der Waals surface area contributed by atoms with E-state index < -0.39 is 5.82 Å². The SMILES string of the molecule is C=CCNc1ccc(Cl)c(F)c1. The second-order valence-corrected chi connectivity index (χ2v) is 2.71. The zero-order valence-electron chi connectivity index (χ0n) is 6.48. The molecule has 0 aromatic heterocycles. The highest BCUT2D eigenvalue weighted by Gasteiger charge is 1.98. The van der Waals surface area contributed by atoms with E-state index in [9.17, 15) is 4.39 Å². The lowest BCUT2D eigenvalue weighted by Gasteiger charge is -2.02. The summed E-state index contributed by atoms with van der Waals surface area (Å²) >= 11 is 5.49. The minimum absolute atomic E-state index is 0.138. The first-order chi connectivity index (χ1) is 5.74. The van der Waals surface area contributed by atoms with Crippen molar-refractivity contribution in [1.29, 1.82) is 0 Å². The molecule has 1 nitrogen and oxygen atoms in total. The quantitative estimate of drug-likeness (QED) is 0.714. The van der Waals surface area contributed by atoms with E-state index in [2.05, 4.69) is 11.9 Å². The summed E-state index contributed by atoms with van der Waals surface area (Å²) in [5.74, 6) is -0.411. The van der Waals surface area contributed by atoms with Gasteiger partial charge in [-0.15, -0.1) is 6.58 Å². The Morgan fingerprint density at radius 1 is 1.58 bits per heavy atom. The van der Waals surface area contributed by atoms with Crippen LogP contribution >= 0.6 is 11.6 Å². The standard InChI is InChI=1S/C9H9ClFN/c1-2-5-12-7-3-4-8(10)9(11)6-7/h2-4,6,12H,1,5H2. The molecule has 0 spiro atoms. The van der Waals surface area contributed by atoms with Gasteiger partial charge in [0.25, 0.3) is 0 Å². The van der Waals surface area contributed by atoms with Gasteiger partial charge < -0.3 is 5.32 Å². The second-order valence-electron chi connectivity index (χ2n) is 2.30. The van der Waals surface area contributed by atoms with Crippen LogP contribution in [0.4, 0.5) is 10.1 Å². The van der Waals surface area contributed by atoms with E-state index in [0.717, 1.165) is 0 Å². The van der Waals surface area contributed by atoms with E-state index >= 15 is 0 Å². The average molecular weight is 186 g/mol. The van der Waals surface area contributed by atoms with Crippen LogP contribution in [0.5, 0.6) is 0 Å². The van der Waals surface area contributed by atoms with Crippen LogP contribution in [0.25, 0.3) is 0 Å². The summed E-state index contributed by atoms with van der Waals surface area (Å²) in [6.45, 7) is 4.15. The first-order valence-corrected chi connectivity index (χ1v) is 3.91. The molecule has 0 saturated heterocycles. The molecule has 0 amide bonds. The maximum absolute atomic E-state index is 12.8. The minimum atomic E-state index is -0.411. The summed E-state index contributed by atoms with van der Waals surface area (Å²) in [5, 5.41) is 3.08. The Labute approximate surface area is 75.9 Å². The first kappa shape index (κ1) is 9.07. The lowest BCUT2D eigenvalue weighted by Crippen LogP contribution is -1.97. The maximum atomic E-state index is 12.8. The molecular weight excluding hydrogens is 177 g/mol. The third-order valence-corrected chi connectivity index (χ3v) is 1.68. The van der Waals surface area contributed by atoms with Gasteiger partial charge in [-0.3, -0.25) is 0 Å². The van der Waals surface area contributed by atoms with Crippen LogP contribution in [0, 0.1) is 5.82 Å². The molecule has 0 fully saturated rings. The van der Waals surface area contributed by atoms with Crippen LogP contribution in [-0.2, 0) is 0 Å². The fourth-order valence-corrected chi connectivity index (χ4v) is 0.914. The molecule has 1 N–H and O–H groups in total. The molecule has 1 aromatic carbocycles. The van der Waals surface area contributed by atoms with Gasteiger partial charge in [-0.2, -0.15) is 0 Å². The topological polar surface area (TPSA) is 12.0 Å². The van der Waals surface area contributed by atoms with E-state index in [1.54, 1.807) is 12.1 Å².